The molecule has 0 saturated heterocycles. The fourth-order valence-electron chi connectivity index (χ4n) is 2.07. The number of rotatable bonds is 3. The Balaban J connectivity index is 1.89. The van der Waals surface area contributed by atoms with E-state index in [-0.39, 0.29) is 5.82 Å². The monoisotopic (exact) mass is 268 g/mol. The van der Waals surface area contributed by atoms with Gasteiger partial charge in [-0.3, -0.25) is 4.98 Å². The van der Waals surface area contributed by atoms with E-state index in [2.05, 4.69) is 4.98 Å². The van der Waals surface area contributed by atoms with Crippen molar-refractivity contribution in [3.63, 3.8) is 0 Å². The molecule has 0 aliphatic carbocycles. The van der Waals surface area contributed by atoms with Crippen LogP contribution in [0.4, 0.5) is 10.1 Å². The largest absolute Gasteiger partial charge is 0.487 e. The van der Waals surface area contributed by atoms with Crippen LogP contribution in [0.3, 0.4) is 0 Å². The van der Waals surface area contributed by atoms with Crippen molar-refractivity contribution in [2.24, 2.45) is 0 Å². The second kappa shape index (κ2) is 5.17. The highest BCUT2D eigenvalue weighted by Crippen LogP contribution is 2.24. The second-order valence-corrected chi connectivity index (χ2v) is 4.46. The Labute approximate surface area is 115 Å². The maximum atomic E-state index is 13.2. The first-order chi connectivity index (χ1) is 9.74. The van der Waals surface area contributed by atoms with Gasteiger partial charge >= 0.3 is 0 Å². The van der Waals surface area contributed by atoms with Gasteiger partial charge in [0.15, 0.2) is 0 Å². The molecule has 2 N–H and O–H groups in total. The minimum atomic E-state index is -0.370. The molecule has 20 heavy (non-hydrogen) atoms. The number of benzene rings is 2. The number of ether oxygens (including phenoxy) is 1. The van der Waals surface area contributed by atoms with Crippen molar-refractivity contribution in [3.05, 3.63) is 66.1 Å². The lowest BCUT2D eigenvalue weighted by atomic mass is 10.1. The lowest BCUT2D eigenvalue weighted by molar-refractivity contribution is 0.307. The summed E-state index contributed by atoms with van der Waals surface area (Å²) in [4.78, 5) is 4.35. The predicted octanol–water partition coefficient (Wildman–Crippen LogP) is 3.54. The van der Waals surface area contributed by atoms with Crippen LogP contribution in [0.1, 0.15) is 5.56 Å². The third-order valence-electron chi connectivity index (χ3n) is 3.08. The summed E-state index contributed by atoms with van der Waals surface area (Å²) in [6, 6.07) is 13.8. The first kappa shape index (κ1) is 12.4. The molecule has 0 spiro atoms. The molecule has 0 aliphatic heterocycles. The zero-order valence-electron chi connectivity index (χ0n) is 10.7. The van der Waals surface area contributed by atoms with E-state index in [1.807, 2.05) is 30.3 Å². The second-order valence-electron chi connectivity index (χ2n) is 4.46. The van der Waals surface area contributed by atoms with Crippen molar-refractivity contribution >= 4 is 16.6 Å². The molecule has 0 aliphatic rings. The van der Waals surface area contributed by atoms with Crippen molar-refractivity contribution in [2.45, 2.75) is 6.61 Å². The molecule has 0 amide bonds. The summed E-state index contributed by atoms with van der Waals surface area (Å²) in [5, 5.41) is 1.04. The Morgan fingerprint density at radius 3 is 2.85 bits per heavy atom. The zero-order valence-corrected chi connectivity index (χ0v) is 10.7. The molecule has 0 atom stereocenters. The summed E-state index contributed by atoms with van der Waals surface area (Å²) < 4.78 is 18.8. The minimum Gasteiger partial charge on any atom is -0.487 e. The summed E-state index contributed by atoms with van der Waals surface area (Å²) in [7, 11) is 0. The molecule has 0 bridgehead atoms. The number of aromatic nitrogens is 1. The molecule has 0 radical (unpaired) electrons. The van der Waals surface area contributed by atoms with Crippen LogP contribution in [0, 0.1) is 5.82 Å². The van der Waals surface area contributed by atoms with Crippen LogP contribution >= 0.6 is 0 Å². The van der Waals surface area contributed by atoms with E-state index in [1.54, 1.807) is 6.20 Å². The standard InChI is InChI=1S/C16H13FN2O/c17-13-6-7-14(18)15(9-13)20-10-12-4-1-3-11-5-2-8-19-16(11)12/h1-9H,10,18H2. The van der Waals surface area contributed by atoms with Gasteiger partial charge in [-0.2, -0.15) is 0 Å². The van der Waals surface area contributed by atoms with Crippen LogP contribution < -0.4 is 10.5 Å². The summed E-state index contributed by atoms with van der Waals surface area (Å²) in [5.41, 5.74) is 7.99. The topological polar surface area (TPSA) is 48.1 Å². The Morgan fingerprint density at radius 1 is 1.10 bits per heavy atom. The fourth-order valence-corrected chi connectivity index (χ4v) is 2.07. The fraction of sp³-hybridized carbons (Fsp3) is 0.0625. The Morgan fingerprint density at radius 2 is 1.95 bits per heavy atom. The summed E-state index contributed by atoms with van der Waals surface area (Å²) >= 11 is 0. The van der Waals surface area contributed by atoms with Crippen LogP contribution in [0.5, 0.6) is 5.75 Å². The van der Waals surface area contributed by atoms with Crippen LogP contribution in [0.15, 0.2) is 54.7 Å². The number of nitrogens with zero attached hydrogens (tertiary/aromatic N) is 1. The van der Waals surface area contributed by atoms with Crippen LogP contribution in [0.25, 0.3) is 10.9 Å². The number of nitrogens with two attached hydrogens (primary N) is 1. The van der Waals surface area contributed by atoms with E-state index >= 15 is 0 Å². The molecular weight excluding hydrogens is 255 g/mol. The summed E-state index contributed by atoms with van der Waals surface area (Å²) in [5.74, 6) is -0.0248. The predicted molar refractivity (Wildman–Crippen MR) is 76.9 cm³/mol. The molecule has 0 fully saturated rings. The lowest BCUT2D eigenvalue weighted by Gasteiger charge is -2.10. The average molecular weight is 268 g/mol. The van der Waals surface area contributed by atoms with Gasteiger partial charge in [-0.15, -0.1) is 0 Å². The van der Waals surface area contributed by atoms with E-state index in [0.29, 0.717) is 18.0 Å². The molecule has 100 valence electrons. The van der Waals surface area contributed by atoms with E-state index < -0.39 is 0 Å². The maximum absolute atomic E-state index is 13.2. The van der Waals surface area contributed by atoms with Crippen molar-refractivity contribution in [3.8, 4) is 5.75 Å². The number of halogens is 1. The highest BCUT2D eigenvalue weighted by atomic mass is 19.1. The smallest absolute Gasteiger partial charge is 0.145 e. The van der Waals surface area contributed by atoms with Gasteiger partial charge in [0, 0.05) is 23.2 Å². The number of hydrogen-bond donors (Lipinski definition) is 1. The van der Waals surface area contributed by atoms with Crippen LogP contribution in [0.2, 0.25) is 0 Å². The molecule has 1 heterocycles. The molecule has 3 aromatic rings. The van der Waals surface area contributed by atoms with Gasteiger partial charge in [0.05, 0.1) is 11.2 Å². The normalized spacial score (nSPS) is 10.7. The number of para-hydroxylation sites is 1. The number of anilines is 1. The number of hydrogen-bond acceptors (Lipinski definition) is 3. The number of fused-ring (bicyclic) bond motifs is 1. The molecule has 4 heteroatoms. The molecule has 2 aromatic carbocycles. The van der Waals surface area contributed by atoms with Gasteiger partial charge in [-0.25, -0.2) is 4.39 Å². The highest BCUT2D eigenvalue weighted by Gasteiger charge is 2.06. The maximum Gasteiger partial charge on any atom is 0.145 e. The Hall–Kier alpha value is -2.62. The molecular formula is C16H13FN2O. The summed E-state index contributed by atoms with van der Waals surface area (Å²) in [6.45, 7) is 0.294. The molecule has 0 unspecified atom stereocenters. The summed E-state index contributed by atoms with van der Waals surface area (Å²) in [6.07, 6.45) is 1.74. The first-order valence-electron chi connectivity index (χ1n) is 6.24. The van der Waals surface area contributed by atoms with Crippen LogP contribution in [-0.4, -0.2) is 4.98 Å². The quantitative estimate of drug-likeness (QED) is 0.739. The van der Waals surface area contributed by atoms with E-state index in [1.165, 1.54) is 18.2 Å². The molecule has 1 aromatic heterocycles. The van der Waals surface area contributed by atoms with Crippen molar-refractivity contribution in [2.75, 3.05) is 5.73 Å². The lowest BCUT2D eigenvalue weighted by Crippen LogP contribution is -2.00. The van der Waals surface area contributed by atoms with Crippen LogP contribution in [-0.2, 0) is 6.61 Å². The SMILES string of the molecule is Nc1ccc(F)cc1OCc1cccc2cccnc12. The Bertz CT molecular complexity index is 753. The van der Waals surface area contributed by atoms with E-state index in [0.717, 1.165) is 16.5 Å². The number of pyridine rings is 1. The van der Waals surface area contributed by atoms with E-state index in [9.17, 15) is 4.39 Å². The minimum absolute atomic E-state index is 0.294. The van der Waals surface area contributed by atoms with E-state index in [4.69, 9.17) is 10.5 Å². The van der Waals surface area contributed by atoms with Gasteiger partial charge in [0.1, 0.15) is 18.2 Å². The van der Waals surface area contributed by atoms with Gasteiger partial charge in [-0.05, 0) is 18.2 Å². The number of nitrogen functional groups attached to an aromatic ring is 1. The third-order valence-corrected chi connectivity index (χ3v) is 3.08. The Kier molecular flexibility index (Phi) is 3.21. The molecule has 0 saturated carbocycles. The van der Waals surface area contributed by atoms with Crippen molar-refractivity contribution < 1.29 is 9.13 Å². The van der Waals surface area contributed by atoms with Gasteiger partial charge in [0.25, 0.3) is 0 Å². The average Bonchev–Trinajstić information content (AvgIpc) is 2.48. The molecule has 3 nitrogen and oxygen atoms in total. The van der Waals surface area contributed by atoms with Crippen molar-refractivity contribution in [1.29, 1.82) is 0 Å². The van der Waals surface area contributed by atoms with Gasteiger partial charge in [-0.1, -0.05) is 24.3 Å². The first-order valence-corrected chi connectivity index (χ1v) is 6.24. The highest BCUT2D eigenvalue weighted by molar-refractivity contribution is 5.81. The molecule has 3 rings (SSSR count). The third kappa shape index (κ3) is 2.40. The van der Waals surface area contributed by atoms with Crippen molar-refractivity contribution in [1.82, 2.24) is 4.98 Å². The zero-order chi connectivity index (χ0) is 13.9. The van der Waals surface area contributed by atoms with Gasteiger partial charge in [0.2, 0.25) is 0 Å². The van der Waals surface area contributed by atoms with Gasteiger partial charge < -0.3 is 10.5 Å².